The fraction of sp³-hybridized carbons (Fsp3) is 0.105. The van der Waals surface area contributed by atoms with Crippen molar-refractivity contribution in [3.63, 3.8) is 0 Å². The molecule has 0 atom stereocenters. The van der Waals surface area contributed by atoms with Gasteiger partial charge in [-0.05, 0) is 36.4 Å². The molecule has 136 valence electrons. The monoisotopic (exact) mass is 460 g/mol. The number of aromatic nitrogens is 3. The van der Waals surface area contributed by atoms with Crippen molar-refractivity contribution >= 4 is 60.1 Å². The predicted molar refractivity (Wildman–Crippen MR) is 113 cm³/mol. The number of rotatable bonds is 5. The summed E-state index contributed by atoms with van der Waals surface area (Å²) >= 11 is 11.2. The summed E-state index contributed by atoms with van der Waals surface area (Å²) in [6.07, 6.45) is 3.59. The van der Waals surface area contributed by atoms with Crippen LogP contribution in [0.1, 0.15) is 10.4 Å². The SMILES string of the molecule is O=C(c1cccc(Br)c1)N(CCn1cccn1)c1nc2c(Cl)cccc2s1. The van der Waals surface area contributed by atoms with Crippen LogP contribution in [0.15, 0.2) is 65.4 Å². The summed E-state index contributed by atoms with van der Waals surface area (Å²) in [4.78, 5) is 19.5. The van der Waals surface area contributed by atoms with E-state index in [-0.39, 0.29) is 5.91 Å². The standard InChI is InChI=1S/C19H14BrClN4OS/c20-14-5-1-4-13(12-14)18(26)25(11-10-24-9-3-8-22-24)19-23-17-15(21)6-2-7-16(17)27-19/h1-9,12H,10-11H2. The smallest absolute Gasteiger partial charge is 0.260 e. The Morgan fingerprint density at radius 3 is 2.81 bits per heavy atom. The van der Waals surface area contributed by atoms with Gasteiger partial charge in [-0.3, -0.25) is 14.4 Å². The molecule has 2 aromatic heterocycles. The quantitative estimate of drug-likeness (QED) is 0.407. The van der Waals surface area contributed by atoms with E-state index in [4.69, 9.17) is 11.6 Å². The molecule has 27 heavy (non-hydrogen) atoms. The van der Waals surface area contributed by atoms with Crippen molar-refractivity contribution < 1.29 is 4.79 Å². The summed E-state index contributed by atoms with van der Waals surface area (Å²) in [5.74, 6) is -0.112. The number of hydrogen-bond donors (Lipinski definition) is 0. The lowest BCUT2D eigenvalue weighted by molar-refractivity contribution is 0.0985. The number of carbonyl (C=O) groups is 1. The van der Waals surface area contributed by atoms with Crippen LogP contribution in [0.25, 0.3) is 10.2 Å². The molecule has 0 radical (unpaired) electrons. The Bertz CT molecular complexity index is 1100. The Morgan fingerprint density at radius 2 is 2.07 bits per heavy atom. The zero-order valence-corrected chi connectivity index (χ0v) is 17.2. The van der Waals surface area contributed by atoms with Crippen LogP contribution in [-0.2, 0) is 6.54 Å². The largest absolute Gasteiger partial charge is 0.282 e. The van der Waals surface area contributed by atoms with Crippen molar-refractivity contribution in [2.45, 2.75) is 6.54 Å². The highest BCUT2D eigenvalue weighted by Gasteiger charge is 2.22. The molecule has 0 aliphatic heterocycles. The maximum atomic E-state index is 13.2. The second-order valence-corrected chi connectivity index (χ2v) is 8.15. The number of thiazole rings is 1. The molecule has 5 nitrogen and oxygen atoms in total. The Balaban J connectivity index is 1.72. The van der Waals surface area contributed by atoms with E-state index in [0.717, 1.165) is 9.17 Å². The third kappa shape index (κ3) is 3.90. The van der Waals surface area contributed by atoms with Gasteiger partial charge in [-0.1, -0.05) is 51.0 Å². The topological polar surface area (TPSA) is 51.0 Å². The summed E-state index contributed by atoms with van der Waals surface area (Å²) in [5, 5.41) is 5.42. The molecular formula is C19H14BrClN4OS. The number of halogens is 2. The van der Waals surface area contributed by atoms with E-state index >= 15 is 0 Å². The molecule has 0 fully saturated rings. The minimum absolute atomic E-state index is 0.112. The summed E-state index contributed by atoms with van der Waals surface area (Å²) in [7, 11) is 0. The van der Waals surface area contributed by atoms with Crippen molar-refractivity contribution in [2.24, 2.45) is 0 Å². The Kier molecular flexibility index (Phi) is 5.24. The molecular weight excluding hydrogens is 448 g/mol. The lowest BCUT2D eigenvalue weighted by atomic mass is 10.2. The molecule has 1 amide bonds. The van der Waals surface area contributed by atoms with Gasteiger partial charge in [0.05, 0.1) is 16.3 Å². The number of benzene rings is 2. The van der Waals surface area contributed by atoms with Crippen LogP contribution >= 0.6 is 38.9 Å². The van der Waals surface area contributed by atoms with E-state index in [1.54, 1.807) is 27.9 Å². The molecule has 0 spiro atoms. The second-order valence-electron chi connectivity index (χ2n) is 5.82. The Labute approximate surface area is 173 Å². The first-order valence-corrected chi connectivity index (χ1v) is 10.2. The zero-order valence-electron chi connectivity index (χ0n) is 14.0. The van der Waals surface area contributed by atoms with E-state index in [1.807, 2.05) is 42.6 Å². The average Bonchev–Trinajstić information content (AvgIpc) is 3.32. The van der Waals surface area contributed by atoms with Crippen LogP contribution in [0.4, 0.5) is 5.13 Å². The molecule has 0 unspecified atom stereocenters. The van der Waals surface area contributed by atoms with Gasteiger partial charge in [-0.2, -0.15) is 5.10 Å². The molecule has 8 heteroatoms. The van der Waals surface area contributed by atoms with Gasteiger partial charge in [0.2, 0.25) is 0 Å². The molecule has 2 aromatic carbocycles. The molecule has 0 saturated carbocycles. The first-order valence-electron chi connectivity index (χ1n) is 8.22. The molecule has 0 aliphatic rings. The van der Waals surface area contributed by atoms with Gasteiger partial charge >= 0.3 is 0 Å². The number of hydrogen-bond acceptors (Lipinski definition) is 4. The number of anilines is 1. The molecule has 4 rings (SSSR count). The lowest BCUT2D eigenvalue weighted by Crippen LogP contribution is -2.34. The summed E-state index contributed by atoms with van der Waals surface area (Å²) in [5.41, 5.74) is 1.31. The van der Waals surface area contributed by atoms with Gasteiger partial charge in [0.1, 0.15) is 5.52 Å². The molecule has 0 N–H and O–H groups in total. The minimum atomic E-state index is -0.112. The van der Waals surface area contributed by atoms with E-state index < -0.39 is 0 Å². The fourth-order valence-corrected chi connectivity index (χ4v) is 4.40. The van der Waals surface area contributed by atoms with Crippen LogP contribution in [0.5, 0.6) is 0 Å². The first-order chi connectivity index (χ1) is 13.1. The number of para-hydroxylation sites is 1. The molecule has 0 saturated heterocycles. The van der Waals surface area contributed by atoms with Crippen LogP contribution in [-0.4, -0.2) is 27.2 Å². The van der Waals surface area contributed by atoms with Crippen molar-refractivity contribution in [1.82, 2.24) is 14.8 Å². The molecule has 4 aromatic rings. The van der Waals surface area contributed by atoms with Crippen molar-refractivity contribution in [1.29, 1.82) is 0 Å². The van der Waals surface area contributed by atoms with Gasteiger partial charge in [0, 0.05) is 29.0 Å². The molecule has 2 heterocycles. The number of carbonyl (C=O) groups excluding carboxylic acids is 1. The van der Waals surface area contributed by atoms with Crippen LogP contribution < -0.4 is 4.90 Å². The second kappa shape index (κ2) is 7.80. The Morgan fingerprint density at radius 1 is 1.22 bits per heavy atom. The highest BCUT2D eigenvalue weighted by Crippen LogP contribution is 2.33. The third-order valence-electron chi connectivity index (χ3n) is 4.02. The van der Waals surface area contributed by atoms with E-state index in [2.05, 4.69) is 26.0 Å². The van der Waals surface area contributed by atoms with Crippen molar-refractivity contribution in [3.05, 3.63) is 76.0 Å². The maximum absolute atomic E-state index is 13.2. The number of amides is 1. The highest BCUT2D eigenvalue weighted by molar-refractivity contribution is 9.10. The highest BCUT2D eigenvalue weighted by atomic mass is 79.9. The van der Waals surface area contributed by atoms with Gasteiger partial charge in [-0.25, -0.2) is 4.98 Å². The van der Waals surface area contributed by atoms with Crippen molar-refractivity contribution in [2.75, 3.05) is 11.4 Å². The minimum Gasteiger partial charge on any atom is -0.282 e. The van der Waals surface area contributed by atoms with Gasteiger partial charge in [-0.15, -0.1) is 0 Å². The van der Waals surface area contributed by atoms with Gasteiger partial charge in [0.15, 0.2) is 5.13 Å². The van der Waals surface area contributed by atoms with E-state index in [9.17, 15) is 4.79 Å². The number of fused-ring (bicyclic) bond motifs is 1. The Hall–Kier alpha value is -2.22. The van der Waals surface area contributed by atoms with Crippen molar-refractivity contribution in [3.8, 4) is 0 Å². The van der Waals surface area contributed by atoms with Crippen LogP contribution in [0.3, 0.4) is 0 Å². The van der Waals surface area contributed by atoms with E-state index in [1.165, 1.54) is 11.3 Å². The van der Waals surface area contributed by atoms with E-state index in [0.29, 0.717) is 34.3 Å². The van der Waals surface area contributed by atoms with Crippen LogP contribution in [0, 0.1) is 0 Å². The maximum Gasteiger partial charge on any atom is 0.260 e. The number of nitrogens with zero attached hydrogens (tertiary/aromatic N) is 4. The average molecular weight is 462 g/mol. The van der Waals surface area contributed by atoms with Crippen LogP contribution in [0.2, 0.25) is 5.02 Å². The molecule has 0 bridgehead atoms. The summed E-state index contributed by atoms with van der Waals surface area (Å²) in [6, 6.07) is 14.8. The summed E-state index contributed by atoms with van der Waals surface area (Å²) in [6.45, 7) is 1.01. The normalized spacial score (nSPS) is 11.0. The lowest BCUT2D eigenvalue weighted by Gasteiger charge is -2.20. The molecule has 0 aliphatic carbocycles. The van der Waals surface area contributed by atoms with Gasteiger partial charge < -0.3 is 0 Å². The first kappa shape index (κ1) is 18.2. The summed E-state index contributed by atoms with van der Waals surface area (Å²) < 4.78 is 3.60. The fourth-order valence-electron chi connectivity index (χ4n) is 2.72. The predicted octanol–water partition coefficient (Wildman–Crippen LogP) is 5.26. The van der Waals surface area contributed by atoms with Gasteiger partial charge in [0.25, 0.3) is 5.91 Å². The zero-order chi connectivity index (χ0) is 18.8. The third-order valence-corrected chi connectivity index (χ3v) is 5.86.